The molecule has 8 nitrogen and oxygen atoms in total. The molecule has 0 saturated carbocycles. The molecule has 0 radical (unpaired) electrons. The van der Waals surface area contributed by atoms with Crippen LogP contribution in [0.25, 0.3) is 5.69 Å². The summed E-state index contributed by atoms with van der Waals surface area (Å²) in [5, 5.41) is 10.7. The van der Waals surface area contributed by atoms with Crippen molar-refractivity contribution in [3.05, 3.63) is 101 Å². The summed E-state index contributed by atoms with van der Waals surface area (Å²) < 4.78 is 1.77. The summed E-state index contributed by atoms with van der Waals surface area (Å²) >= 11 is 0. The standard InChI is InChI=1S/C34H40N6O2/c1-23-7-14-28(15-8-23)40-31(20-30(37-40)34(4,5)6)36-33(42)35-27-12-10-26(11-13-27)21-38-18-17-32(41)39(22-38)29-16-9-24(2)19-25(29)3/h7-16,19-20H,17-18,21-22H2,1-6H3,(H2,35,36,42). The van der Waals surface area contributed by atoms with Crippen molar-refractivity contribution in [2.24, 2.45) is 0 Å². The third-order valence-corrected chi connectivity index (χ3v) is 7.54. The van der Waals surface area contributed by atoms with Crippen LogP contribution < -0.4 is 15.5 Å². The first kappa shape index (κ1) is 29.1. The molecule has 218 valence electrons. The van der Waals surface area contributed by atoms with Gasteiger partial charge in [0.2, 0.25) is 5.91 Å². The first-order valence-electron chi connectivity index (χ1n) is 14.4. The Labute approximate surface area is 248 Å². The third kappa shape index (κ3) is 6.71. The van der Waals surface area contributed by atoms with E-state index in [2.05, 4.69) is 62.3 Å². The van der Waals surface area contributed by atoms with Crippen molar-refractivity contribution in [1.82, 2.24) is 14.7 Å². The lowest BCUT2D eigenvalue weighted by Crippen LogP contribution is -2.48. The van der Waals surface area contributed by atoms with Crippen LogP contribution in [0.4, 0.5) is 22.0 Å². The van der Waals surface area contributed by atoms with Crippen molar-refractivity contribution in [3.63, 3.8) is 0 Å². The number of aryl methyl sites for hydroxylation is 3. The molecular formula is C34H40N6O2. The molecule has 8 heteroatoms. The smallest absolute Gasteiger partial charge is 0.308 e. The molecule has 0 unspecified atom stereocenters. The number of hydrogen-bond acceptors (Lipinski definition) is 4. The van der Waals surface area contributed by atoms with E-state index in [-0.39, 0.29) is 17.4 Å². The van der Waals surface area contributed by atoms with E-state index in [9.17, 15) is 9.59 Å². The van der Waals surface area contributed by atoms with Gasteiger partial charge in [0.1, 0.15) is 5.82 Å². The Morgan fingerprint density at radius 1 is 0.881 bits per heavy atom. The van der Waals surface area contributed by atoms with Gasteiger partial charge < -0.3 is 5.32 Å². The maximum Gasteiger partial charge on any atom is 0.324 e. The quantitative estimate of drug-likeness (QED) is 0.266. The van der Waals surface area contributed by atoms with Crippen molar-refractivity contribution in [2.75, 3.05) is 28.7 Å². The summed E-state index contributed by atoms with van der Waals surface area (Å²) in [5.74, 6) is 0.757. The van der Waals surface area contributed by atoms with Crippen LogP contribution in [0.15, 0.2) is 72.8 Å². The molecule has 42 heavy (non-hydrogen) atoms. The van der Waals surface area contributed by atoms with Crippen molar-refractivity contribution in [2.45, 2.75) is 59.9 Å². The van der Waals surface area contributed by atoms with Gasteiger partial charge in [0.25, 0.3) is 0 Å². The molecule has 0 atom stereocenters. The second-order valence-corrected chi connectivity index (χ2v) is 12.2. The molecule has 5 rings (SSSR count). The summed E-state index contributed by atoms with van der Waals surface area (Å²) in [6.07, 6.45) is 0.489. The maximum atomic E-state index is 13.0. The fourth-order valence-corrected chi connectivity index (χ4v) is 5.14. The number of urea groups is 1. The Hall–Kier alpha value is -4.43. The number of nitrogens with zero attached hydrogens (tertiary/aromatic N) is 4. The van der Waals surface area contributed by atoms with Gasteiger partial charge in [0.15, 0.2) is 0 Å². The lowest BCUT2D eigenvalue weighted by Gasteiger charge is -2.36. The van der Waals surface area contributed by atoms with E-state index in [4.69, 9.17) is 5.10 Å². The second-order valence-electron chi connectivity index (χ2n) is 12.2. The first-order valence-corrected chi connectivity index (χ1v) is 14.4. The normalized spacial score (nSPS) is 14.2. The molecule has 4 aromatic rings. The lowest BCUT2D eigenvalue weighted by molar-refractivity contribution is -0.121. The minimum Gasteiger partial charge on any atom is -0.308 e. The number of carbonyl (C=O) groups excluding carboxylic acids is 2. The highest BCUT2D eigenvalue weighted by atomic mass is 16.2. The minimum absolute atomic E-state index is 0.155. The van der Waals surface area contributed by atoms with Crippen LogP contribution in [0.2, 0.25) is 0 Å². The first-order chi connectivity index (χ1) is 20.0. The Morgan fingerprint density at radius 2 is 1.57 bits per heavy atom. The SMILES string of the molecule is Cc1ccc(-n2nc(C(C)(C)C)cc2NC(=O)Nc2ccc(CN3CCC(=O)N(c4ccc(C)cc4C)C3)cc2)cc1. The fourth-order valence-electron chi connectivity index (χ4n) is 5.14. The van der Waals surface area contributed by atoms with Crippen LogP contribution in [-0.4, -0.2) is 39.8 Å². The van der Waals surface area contributed by atoms with E-state index < -0.39 is 0 Å². The monoisotopic (exact) mass is 564 g/mol. The van der Waals surface area contributed by atoms with Gasteiger partial charge in [-0.25, -0.2) is 9.48 Å². The van der Waals surface area contributed by atoms with Gasteiger partial charge in [-0.05, 0) is 62.2 Å². The van der Waals surface area contributed by atoms with Crippen molar-refractivity contribution >= 4 is 29.1 Å². The van der Waals surface area contributed by atoms with Crippen LogP contribution in [0.3, 0.4) is 0 Å². The van der Waals surface area contributed by atoms with E-state index >= 15 is 0 Å². The fraction of sp³-hybridized carbons (Fsp3) is 0.324. The molecule has 0 bridgehead atoms. The zero-order valence-corrected chi connectivity index (χ0v) is 25.4. The molecule has 0 spiro atoms. The summed E-state index contributed by atoms with van der Waals surface area (Å²) in [4.78, 5) is 29.9. The van der Waals surface area contributed by atoms with Gasteiger partial charge in [-0.3, -0.25) is 19.9 Å². The summed E-state index contributed by atoms with van der Waals surface area (Å²) in [5.41, 5.74) is 7.83. The van der Waals surface area contributed by atoms with E-state index in [1.54, 1.807) is 4.68 Å². The molecule has 1 saturated heterocycles. The maximum absolute atomic E-state index is 13.0. The molecule has 1 aromatic heterocycles. The highest BCUT2D eigenvalue weighted by Gasteiger charge is 2.26. The van der Waals surface area contributed by atoms with Gasteiger partial charge in [-0.15, -0.1) is 0 Å². The number of benzene rings is 3. The molecule has 3 amide bonds. The third-order valence-electron chi connectivity index (χ3n) is 7.54. The van der Waals surface area contributed by atoms with E-state index in [1.807, 2.05) is 72.5 Å². The Balaban J connectivity index is 1.23. The van der Waals surface area contributed by atoms with E-state index in [0.717, 1.165) is 33.8 Å². The number of nitrogens with one attached hydrogen (secondary N) is 2. The van der Waals surface area contributed by atoms with Gasteiger partial charge in [0.05, 0.1) is 18.1 Å². The number of rotatable bonds is 6. The molecule has 2 heterocycles. The molecule has 3 aromatic carbocycles. The van der Waals surface area contributed by atoms with E-state index in [0.29, 0.717) is 37.7 Å². The van der Waals surface area contributed by atoms with Crippen LogP contribution in [0, 0.1) is 20.8 Å². The number of carbonyl (C=O) groups is 2. The Kier molecular flexibility index (Phi) is 8.18. The Bertz CT molecular complexity index is 1580. The average molecular weight is 565 g/mol. The summed E-state index contributed by atoms with van der Waals surface area (Å²) in [6.45, 7) is 14.4. The van der Waals surface area contributed by atoms with Gasteiger partial charge in [-0.1, -0.05) is 68.3 Å². The van der Waals surface area contributed by atoms with Crippen LogP contribution >= 0.6 is 0 Å². The van der Waals surface area contributed by atoms with E-state index in [1.165, 1.54) is 5.56 Å². The van der Waals surface area contributed by atoms with Gasteiger partial charge in [0, 0.05) is 42.4 Å². The van der Waals surface area contributed by atoms with Gasteiger partial charge in [-0.2, -0.15) is 5.10 Å². The molecule has 0 aliphatic carbocycles. The number of amides is 3. The van der Waals surface area contributed by atoms with Gasteiger partial charge >= 0.3 is 6.03 Å². The minimum atomic E-state index is -0.338. The zero-order chi connectivity index (χ0) is 30.0. The van der Waals surface area contributed by atoms with Crippen LogP contribution in [0.1, 0.15) is 55.1 Å². The lowest BCUT2D eigenvalue weighted by atomic mass is 9.92. The largest absolute Gasteiger partial charge is 0.324 e. The molecular weight excluding hydrogens is 524 g/mol. The molecule has 1 aliphatic rings. The average Bonchev–Trinajstić information content (AvgIpc) is 3.36. The topological polar surface area (TPSA) is 82.5 Å². The van der Waals surface area contributed by atoms with Crippen molar-refractivity contribution in [1.29, 1.82) is 0 Å². The predicted molar refractivity (Wildman–Crippen MR) is 169 cm³/mol. The number of aromatic nitrogens is 2. The zero-order valence-electron chi connectivity index (χ0n) is 25.4. The molecule has 1 aliphatic heterocycles. The second kappa shape index (κ2) is 11.8. The Morgan fingerprint density at radius 3 is 2.24 bits per heavy atom. The highest BCUT2D eigenvalue weighted by Crippen LogP contribution is 2.27. The predicted octanol–water partition coefficient (Wildman–Crippen LogP) is 6.94. The summed E-state index contributed by atoms with van der Waals surface area (Å²) in [7, 11) is 0. The number of anilines is 3. The van der Waals surface area contributed by atoms with Crippen LogP contribution in [-0.2, 0) is 16.8 Å². The summed E-state index contributed by atoms with van der Waals surface area (Å²) in [6, 6.07) is 23.7. The van der Waals surface area contributed by atoms with Crippen molar-refractivity contribution < 1.29 is 9.59 Å². The van der Waals surface area contributed by atoms with Crippen LogP contribution in [0.5, 0.6) is 0 Å². The van der Waals surface area contributed by atoms with Crippen molar-refractivity contribution in [3.8, 4) is 5.69 Å². The molecule has 2 N–H and O–H groups in total. The highest BCUT2D eigenvalue weighted by molar-refractivity contribution is 5.99. The molecule has 1 fully saturated rings. The number of hydrogen-bond donors (Lipinski definition) is 2.